The number of piperidine rings is 1. The molecular weight excluding hydrogens is 382 g/mol. The third-order valence-electron chi connectivity index (χ3n) is 5.70. The van der Waals surface area contributed by atoms with E-state index in [-0.39, 0.29) is 11.1 Å². The van der Waals surface area contributed by atoms with E-state index < -0.39 is 0 Å². The Morgan fingerprint density at radius 1 is 1.17 bits per heavy atom. The summed E-state index contributed by atoms with van der Waals surface area (Å²) in [5.41, 5.74) is 1.10. The molecule has 0 aliphatic carbocycles. The first-order valence-electron chi connectivity index (χ1n) is 10.4. The van der Waals surface area contributed by atoms with Gasteiger partial charge in [0.25, 0.3) is 11.1 Å². The summed E-state index contributed by atoms with van der Waals surface area (Å²) in [5.74, 6) is 0.522. The van der Waals surface area contributed by atoms with Gasteiger partial charge in [-0.05, 0) is 44.5 Å². The van der Waals surface area contributed by atoms with Crippen molar-refractivity contribution >= 4 is 17.0 Å². The highest BCUT2D eigenvalue weighted by atomic mass is 16.1. The molecule has 1 unspecified atom stereocenters. The van der Waals surface area contributed by atoms with Crippen molar-refractivity contribution in [3.05, 3.63) is 56.9 Å². The van der Waals surface area contributed by atoms with Crippen LogP contribution < -0.4 is 16.4 Å². The molecule has 1 aliphatic heterocycles. The van der Waals surface area contributed by atoms with Gasteiger partial charge in [-0.25, -0.2) is 9.67 Å². The number of rotatable bonds is 6. The summed E-state index contributed by atoms with van der Waals surface area (Å²) in [7, 11) is 1.72. The molecule has 3 aromatic rings. The van der Waals surface area contributed by atoms with Crippen molar-refractivity contribution in [3.63, 3.8) is 0 Å². The summed E-state index contributed by atoms with van der Waals surface area (Å²) in [6.07, 6.45) is 5.01. The summed E-state index contributed by atoms with van der Waals surface area (Å²) in [5, 5.41) is 8.20. The first-order valence-corrected chi connectivity index (χ1v) is 10.4. The molecule has 158 valence electrons. The molecule has 4 heterocycles. The summed E-state index contributed by atoms with van der Waals surface area (Å²) < 4.78 is 3.07. The third-order valence-corrected chi connectivity index (χ3v) is 5.70. The lowest BCUT2D eigenvalue weighted by atomic mass is 10.0. The summed E-state index contributed by atoms with van der Waals surface area (Å²) >= 11 is 0. The molecule has 1 saturated heterocycles. The molecule has 30 heavy (non-hydrogen) atoms. The highest BCUT2D eigenvalue weighted by Crippen LogP contribution is 2.17. The SMILES string of the molecule is Cc1ccc(=O)n(CCN2CCCCC2CNc2nc3ncccc3c(=O)n2C)n1. The Hall–Kier alpha value is -3.07. The van der Waals surface area contributed by atoms with Gasteiger partial charge in [0, 0.05) is 38.4 Å². The zero-order valence-corrected chi connectivity index (χ0v) is 17.4. The average Bonchev–Trinajstić information content (AvgIpc) is 2.76. The van der Waals surface area contributed by atoms with E-state index >= 15 is 0 Å². The van der Waals surface area contributed by atoms with Crippen LogP contribution >= 0.6 is 0 Å². The molecule has 1 fully saturated rings. The number of pyridine rings is 1. The second kappa shape index (κ2) is 8.74. The van der Waals surface area contributed by atoms with Crippen LogP contribution in [0, 0.1) is 6.92 Å². The second-order valence-corrected chi connectivity index (χ2v) is 7.78. The molecule has 1 atom stereocenters. The molecule has 3 aromatic heterocycles. The van der Waals surface area contributed by atoms with Crippen LogP contribution in [0.25, 0.3) is 11.0 Å². The van der Waals surface area contributed by atoms with Gasteiger partial charge in [-0.2, -0.15) is 10.1 Å². The van der Waals surface area contributed by atoms with E-state index in [0.29, 0.717) is 36.1 Å². The van der Waals surface area contributed by atoms with Gasteiger partial charge in [0.1, 0.15) is 0 Å². The fourth-order valence-corrected chi connectivity index (χ4v) is 3.99. The number of anilines is 1. The van der Waals surface area contributed by atoms with Crippen molar-refractivity contribution in [1.29, 1.82) is 0 Å². The van der Waals surface area contributed by atoms with Gasteiger partial charge in [-0.3, -0.25) is 19.1 Å². The minimum absolute atomic E-state index is 0.0739. The van der Waals surface area contributed by atoms with Crippen molar-refractivity contribution in [2.24, 2.45) is 7.05 Å². The smallest absolute Gasteiger partial charge is 0.266 e. The Morgan fingerprint density at radius 2 is 2.03 bits per heavy atom. The first-order chi connectivity index (χ1) is 14.5. The maximum atomic E-state index is 12.6. The van der Waals surface area contributed by atoms with Gasteiger partial charge in [-0.15, -0.1) is 0 Å². The van der Waals surface area contributed by atoms with Crippen molar-refractivity contribution in [2.75, 3.05) is 25.0 Å². The van der Waals surface area contributed by atoms with Gasteiger partial charge in [-0.1, -0.05) is 6.42 Å². The van der Waals surface area contributed by atoms with Gasteiger partial charge in [0.05, 0.1) is 17.6 Å². The Kier molecular flexibility index (Phi) is 5.89. The van der Waals surface area contributed by atoms with Crippen molar-refractivity contribution < 1.29 is 0 Å². The topological polar surface area (TPSA) is 97.9 Å². The molecule has 0 amide bonds. The quantitative estimate of drug-likeness (QED) is 0.652. The van der Waals surface area contributed by atoms with Crippen LogP contribution in [0.1, 0.15) is 25.0 Å². The molecule has 1 N–H and O–H groups in total. The zero-order valence-electron chi connectivity index (χ0n) is 17.4. The number of hydrogen-bond donors (Lipinski definition) is 1. The predicted molar refractivity (Wildman–Crippen MR) is 116 cm³/mol. The summed E-state index contributed by atoms with van der Waals surface area (Å²) in [6, 6.07) is 7.09. The molecule has 0 aromatic carbocycles. The lowest BCUT2D eigenvalue weighted by Gasteiger charge is -2.36. The molecule has 9 heteroatoms. The summed E-state index contributed by atoms with van der Waals surface area (Å²) in [6.45, 7) is 4.87. The van der Waals surface area contributed by atoms with Gasteiger partial charge >= 0.3 is 0 Å². The zero-order chi connectivity index (χ0) is 21.1. The third kappa shape index (κ3) is 4.25. The van der Waals surface area contributed by atoms with E-state index in [9.17, 15) is 9.59 Å². The molecule has 0 saturated carbocycles. The van der Waals surface area contributed by atoms with E-state index in [2.05, 4.69) is 25.3 Å². The fraction of sp³-hybridized carbons (Fsp3) is 0.476. The average molecular weight is 409 g/mol. The number of fused-ring (bicyclic) bond motifs is 1. The minimum Gasteiger partial charge on any atom is -0.354 e. The van der Waals surface area contributed by atoms with Crippen molar-refractivity contribution in [3.8, 4) is 0 Å². The number of likely N-dealkylation sites (tertiary alicyclic amines) is 1. The van der Waals surface area contributed by atoms with E-state index in [0.717, 1.165) is 38.0 Å². The van der Waals surface area contributed by atoms with Crippen LogP contribution in [0.3, 0.4) is 0 Å². The molecule has 4 rings (SSSR count). The Labute approximate surface area is 174 Å². The number of aryl methyl sites for hydroxylation is 1. The molecule has 1 aliphatic rings. The Bertz CT molecular complexity index is 1150. The largest absolute Gasteiger partial charge is 0.354 e. The van der Waals surface area contributed by atoms with Crippen LogP contribution in [0.4, 0.5) is 5.95 Å². The minimum atomic E-state index is -0.110. The van der Waals surface area contributed by atoms with Crippen LogP contribution in [-0.2, 0) is 13.6 Å². The van der Waals surface area contributed by atoms with E-state index in [4.69, 9.17) is 0 Å². The maximum Gasteiger partial charge on any atom is 0.266 e. The maximum absolute atomic E-state index is 12.6. The highest BCUT2D eigenvalue weighted by molar-refractivity contribution is 5.74. The van der Waals surface area contributed by atoms with Crippen LogP contribution in [0.2, 0.25) is 0 Å². The van der Waals surface area contributed by atoms with Crippen molar-refractivity contribution in [2.45, 2.75) is 38.8 Å². The highest BCUT2D eigenvalue weighted by Gasteiger charge is 2.23. The van der Waals surface area contributed by atoms with Crippen LogP contribution in [0.5, 0.6) is 0 Å². The lowest BCUT2D eigenvalue weighted by molar-refractivity contribution is 0.147. The van der Waals surface area contributed by atoms with Crippen molar-refractivity contribution in [1.82, 2.24) is 29.2 Å². The van der Waals surface area contributed by atoms with E-state index in [1.807, 2.05) is 6.92 Å². The monoisotopic (exact) mass is 409 g/mol. The number of hydrogen-bond acceptors (Lipinski definition) is 7. The van der Waals surface area contributed by atoms with Gasteiger partial charge in [0.15, 0.2) is 5.65 Å². The van der Waals surface area contributed by atoms with Gasteiger partial charge < -0.3 is 5.32 Å². The standard InChI is InChI=1S/C21H27N7O2/c1-15-8-9-18(29)28(25-15)13-12-27-11-4-3-6-16(27)14-23-21-24-19-17(7-5-10-22-19)20(30)26(21)2/h5,7-10,16H,3-4,6,11-14H2,1-2H3,(H,22,23,24). The molecule has 0 radical (unpaired) electrons. The van der Waals surface area contributed by atoms with Gasteiger partial charge in [0.2, 0.25) is 5.95 Å². The van der Waals surface area contributed by atoms with Crippen LogP contribution in [-0.4, -0.2) is 54.9 Å². The second-order valence-electron chi connectivity index (χ2n) is 7.78. The lowest BCUT2D eigenvalue weighted by Crippen LogP contribution is -2.46. The Morgan fingerprint density at radius 3 is 2.90 bits per heavy atom. The normalized spacial score (nSPS) is 17.3. The number of nitrogens with one attached hydrogen (secondary N) is 1. The first kappa shape index (κ1) is 20.2. The number of aromatic nitrogens is 5. The number of nitrogens with zero attached hydrogens (tertiary/aromatic N) is 6. The molecule has 0 bridgehead atoms. The fourth-order valence-electron chi connectivity index (χ4n) is 3.99. The van der Waals surface area contributed by atoms with E-state index in [1.165, 1.54) is 9.25 Å². The molecular formula is C21H27N7O2. The van der Waals surface area contributed by atoms with Crippen LogP contribution in [0.15, 0.2) is 40.1 Å². The molecule has 9 nitrogen and oxygen atoms in total. The molecule has 0 spiro atoms. The Balaban J connectivity index is 1.46. The summed E-state index contributed by atoms with van der Waals surface area (Å²) in [4.78, 5) is 35.8. The predicted octanol–water partition coefficient (Wildman–Crippen LogP) is 1.16. The van der Waals surface area contributed by atoms with E-state index in [1.54, 1.807) is 37.5 Å².